The fourth-order valence-electron chi connectivity index (χ4n) is 5.81. The van der Waals surface area contributed by atoms with Crippen LogP contribution in [0, 0.1) is 0 Å². The number of hydrogen-bond acceptors (Lipinski definition) is 4. The van der Waals surface area contributed by atoms with E-state index < -0.39 is 6.10 Å². The number of aliphatic hydroxyl groups excluding tert-OH is 1. The molecule has 0 saturated heterocycles. The fourth-order valence-corrected chi connectivity index (χ4v) is 5.81. The first kappa shape index (κ1) is 20.2. The highest BCUT2D eigenvalue weighted by Crippen LogP contribution is 2.45. The molecule has 1 amide bonds. The first-order valence-corrected chi connectivity index (χ1v) is 11.3. The Morgan fingerprint density at radius 3 is 2.73 bits per heavy atom. The molecule has 2 aromatic carbocycles. The fraction of sp³-hybridized carbons (Fsp3) is 0.308. The molecule has 0 fully saturated rings. The number of nitrogens with zero attached hydrogens (tertiary/aromatic N) is 3. The van der Waals surface area contributed by atoms with E-state index in [0.29, 0.717) is 37.3 Å². The van der Waals surface area contributed by atoms with Gasteiger partial charge in [-0.1, -0.05) is 30.4 Å². The number of aromatic nitrogens is 2. The van der Waals surface area contributed by atoms with Gasteiger partial charge in [-0.25, -0.2) is 0 Å². The van der Waals surface area contributed by atoms with E-state index in [1.165, 1.54) is 0 Å². The molecule has 0 saturated carbocycles. The van der Waals surface area contributed by atoms with Gasteiger partial charge in [0.2, 0.25) is 0 Å². The maximum Gasteiger partial charge on any atom is 0.252 e. The summed E-state index contributed by atoms with van der Waals surface area (Å²) in [5.41, 5.74) is 5.97. The van der Waals surface area contributed by atoms with E-state index >= 15 is 0 Å². The van der Waals surface area contributed by atoms with E-state index in [9.17, 15) is 14.7 Å². The lowest BCUT2D eigenvalue weighted by molar-refractivity contribution is 0.0963. The van der Waals surface area contributed by atoms with E-state index in [1.54, 1.807) is 0 Å². The number of ketones is 1. The Morgan fingerprint density at radius 1 is 1.15 bits per heavy atom. The number of carbonyl (C=O) groups excluding carboxylic acids is 2. The molecule has 6 rings (SSSR count). The maximum atomic E-state index is 13.1. The summed E-state index contributed by atoms with van der Waals surface area (Å²) < 4.78 is 4.13. The van der Waals surface area contributed by atoms with Gasteiger partial charge >= 0.3 is 0 Å². The summed E-state index contributed by atoms with van der Waals surface area (Å²) in [6.07, 6.45) is 3.65. The van der Waals surface area contributed by atoms with Crippen LogP contribution in [-0.2, 0) is 20.1 Å². The number of Topliss-reactive ketones (excluding diaryl/α,β-unsaturated/α-hetero) is 1. The van der Waals surface area contributed by atoms with E-state index in [-0.39, 0.29) is 11.7 Å². The van der Waals surface area contributed by atoms with Gasteiger partial charge in [0.25, 0.3) is 5.91 Å². The summed E-state index contributed by atoms with van der Waals surface area (Å²) in [6.45, 7) is 1.40. The van der Waals surface area contributed by atoms with Crippen LogP contribution < -0.4 is 5.32 Å². The van der Waals surface area contributed by atoms with Crippen LogP contribution in [0.2, 0.25) is 0 Å². The zero-order chi connectivity index (χ0) is 23.0. The number of hydrogen-bond donors (Lipinski definition) is 2. The third kappa shape index (κ3) is 2.69. The summed E-state index contributed by atoms with van der Waals surface area (Å²) in [6, 6.07) is 8.15. The molecule has 2 aliphatic rings. The summed E-state index contributed by atoms with van der Waals surface area (Å²) in [5, 5.41) is 16.8. The highest BCUT2D eigenvalue weighted by molar-refractivity contribution is 6.28. The summed E-state index contributed by atoms with van der Waals surface area (Å²) in [4.78, 5) is 28.0. The number of fused-ring (bicyclic) bond motifs is 10. The molecule has 0 spiro atoms. The van der Waals surface area contributed by atoms with Gasteiger partial charge in [0.05, 0.1) is 34.9 Å². The molecule has 7 nitrogen and oxygen atoms in total. The van der Waals surface area contributed by atoms with Crippen LogP contribution in [0.15, 0.2) is 30.3 Å². The molecular weight excluding hydrogens is 416 g/mol. The van der Waals surface area contributed by atoms with E-state index in [1.807, 2.05) is 54.9 Å². The number of nitrogens with one attached hydrogen (secondary N) is 1. The lowest BCUT2D eigenvalue weighted by atomic mass is 9.94. The van der Waals surface area contributed by atoms with Crippen molar-refractivity contribution in [2.24, 2.45) is 7.05 Å². The smallest absolute Gasteiger partial charge is 0.252 e. The monoisotopic (exact) mass is 442 g/mol. The van der Waals surface area contributed by atoms with Crippen molar-refractivity contribution in [1.82, 2.24) is 19.4 Å². The summed E-state index contributed by atoms with van der Waals surface area (Å²) >= 11 is 0. The van der Waals surface area contributed by atoms with Crippen molar-refractivity contribution in [3.05, 3.63) is 52.7 Å². The van der Waals surface area contributed by atoms with Crippen molar-refractivity contribution in [2.75, 3.05) is 20.6 Å². The third-order valence-electron chi connectivity index (χ3n) is 6.95. The van der Waals surface area contributed by atoms with Crippen molar-refractivity contribution >= 4 is 50.5 Å². The lowest BCUT2D eigenvalue weighted by Crippen LogP contribution is -2.29. The topological polar surface area (TPSA) is 79.5 Å². The number of aryl methyl sites for hydroxylation is 1. The molecule has 1 unspecified atom stereocenters. The Morgan fingerprint density at radius 2 is 1.94 bits per heavy atom. The second kappa shape index (κ2) is 7.04. The van der Waals surface area contributed by atoms with E-state index in [4.69, 9.17) is 0 Å². The SMILES string of the molecule is CN(C)CC(O)Cn1c2ccccc2c2c3c(c4c5c(n(C)c4c21)C(=O)CC=C5)C(=O)NC3. The van der Waals surface area contributed by atoms with Crippen LogP contribution in [0.3, 0.4) is 0 Å². The third-order valence-corrected chi connectivity index (χ3v) is 6.95. The zero-order valence-corrected chi connectivity index (χ0v) is 19.0. The Hall–Kier alpha value is -3.42. The number of likely N-dealkylation sites (N-methyl/N-ethyl adjacent to an activating group) is 1. The number of rotatable bonds is 4. The Bertz CT molecular complexity index is 1540. The van der Waals surface area contributed by atoms with Crippen LogP contribution in [0.5, 0.6) is 0 Å². The van der Waals surface area contributed by atoms with Gasteiger partial charge in [-0.05, 0) is 25.7 Å². The highest BCUT2D eigenvalue weighted by Gasteiger charge is 2.34. The second-order valence-corrected chi connectivity index (χ2v) is 9.38. The maximum absolute atomic E-state index is 13.1. The number of benzene rings is 2. The average molecular weight is 443 g/mol. The van der Waals surface area contributed by atoms with Gasteiger partial charge in [0.15, 0.2) is 5.78 Å². The molecule has 0 radical (unpaired) electrons. The zero-order valence-electron chi connectivity index (χ0n) is 19.0. The van der Waals surface area contributed by atoms with Crippen LogP contribution in [0.1, 0.15) is 38.4 Å². The van der Waals surface area contributed by atoms with Crippen molar-refractivity contribution < 1.29 is 14.7 Å². The molecule has 33 heavy (non-hydrogen) atoms. The van der Waals surface area contributed by atoms with Crippen LogP contribution in [-0.4, -0.2) is 57.6 Å². The Kier molecular flexibility index (Phi) is 4.31. The van der Waals surface area contributed by atoms with Gasteiger partial charge in [-0.3, -0.25) is 9.59 Å². The molecule has 2 aromatic heterocycles. The quantitative estimate of drug-likeness (QED) is 0.509. The molecule has 4 aromatic rings. The minimum absolute atomic E-state index is 0.0572. The molecule has 1 aliphatic heterocycles. The molecule has 3 heterocycles. The minimum Gasteiger partial charge on any atom is -0.390 e. The average Bonchev–Trinajstić information content (AvgIpc) is 3.39. The first-order valence-electron chi connectivity index (χ1n) is 11.3. The first-order chi connectivity index (χ1) is 15.9. The second-order valence-electron chi connectivity index (χ2n) is 9.38. The summed E-state index contributed by atoms with van der Waals surface area (Å²) in [5.74, 6) is -0.0389. The van der Waals surface area contributed by atoms with Crippen molar-refractivity contribution in [1.29, 1.82) is 0 Å². The number of allylic oxidation sites excluding steroid dienone is 1. The number of amides is 1. The van der Waals surface area contributed by atoms with Gasteiger partial charge in [0.1, 0.15) is 0 Å². The highest BCUT2D eigenvalue weighted by atomic mass is 16.3. The van der Waals surface area contributed by atoms with Crippen molar-refractivity contribution in [3.8, 4) is 0 Å². The molecule has 7 heteroatoms. The minimum atomic E-state index is -0.571. The van der Waals surface area contributed by atoms with Crippen LogP contribution in [0.25, 0.3) is 38.8 Å². The lowest BCUT2D eigenvalue weighted by Gasteiger charge is -2.18. The van der Waals surface area contributed by atoms with Gasteiger partial charge in [0, 0.05) is 53.8 Å². The largest absolute Gasteiger partial charge is 0.390 e. The number of carbonyl (C=O) groups is 2. The Labute approximate surface area is 190 Å². The molecule has 168 valence electrons. The van der Waals surface area contributed by atoms with Crippen LogP contribution >= 0.6 is 0 Å². The van der Waals surface area contributed by atoms with Gasteiger partial charge in [-0.15, -0.1) is 0 Å². The number of para-hydroxylation sites is 1. The predicted molar refractivity (Wildman–Crippen MR) is 130 cm³/mol. The summed E-state index contributed by atoms with van der Waals surface area (Å²) in [7, 11) is 5.80. The van der Waals surface area contributed by atoms with Crippen molar-refractivity contribution in [3.63, 3.8) is 0 Å². The predicted octanol–water partition coefficient (Wildman–Crippen LogP) is 3.05. The molecule has 1 atom stereocenters. The standard InChI is InChI=1S/C26H26N4O3/c1-28(2)12-14(31)13-30-18-9-5-4-7-15(18)20-17-11-27-26(33)22(17)21-16-8-6-10-19(32)23(16)29(3)24(21)25(20)30/h4-9,14,31H,10-13H2,1-3H3,(H,27,33). The van der Waals surface area contributed by atoms with E-state index in [2.05, 4.69) is 22.0 Å². The molecule has 0 bridgehead atoms. The molecule has 1 aliphatic carbocycles. The Balaban J connectivity index is 1.83. The van der Waals surface area contributed by atoms with Crippen LogP contribution in [0.4, 0.5) is 0 Å². The molecule has 2 N–H and O–H groups in total. The van der Waals surface area contributed by atoms with Gasteiger partial charge < -0.3 is 24.5 Å². The normalized spacial score (nSPS) is 16.3. The van der Waals surface area contributed by atoms with E-state index in [0.717, 1.165) is 43.8 Å². The van der Waals surface area contributed by atoms with Crippen molar-refractivity contribution in [2.45, 2.75) is 25.6 Å². The molecular formula is C26H26N4O3. The van der Waals surface area contributed by atoms with Gasteiger partial charge in [-0.2, -0.15) is 0 Å². The number of aliphatic hydroxyl groups is 1.